The van der Waals surface area contributed by atoms with Gasteiger partial charge in [0.1, 0.15) is 5.69 Å². The number of benzene rings is 1. The van der Waals surface area contributed by atoms with Gasteiger partial charge in [0.2, 0.25) is 0 Å². The number of aliphatic hydroxyl groups is 1. The lowest BCUT2D eigenvalue weighted by molar-refractivity contribution is 0.145. The van der Waals surface area contributed by atoms with Gasteiger partial charge in [0, 0.05) is 50.2 Å². The van der Waals surface area contributed by atoms with E-state index in [0.29, 0.717) is 37.1 Å². The molecular weight excluding hydrogens is 382 g/mol. The molecule has 2 aromatic heterocycles. The smallest absolute Gasteiger partial charge is 0.184 e. The van der Waals surface area contributed by atoms with Gasteiger partial charge in [0.15, 0.2) is 17.4 Å². The van der Waals surface area contributed by atoms with Crippen molar-refractivity contribution in [2.45, 2.75) is 13.5 Å². The van der Waals surface area contributed by atoms with Crippen molar-refractivity contribution >= 4 is 16.7 Å². The fourth-order valence-electron chi connectivity index (χ4n) is 3.70. The highest BCUT2D eigenvalue weighted by atomic mass is 16.5. The lowest BCUT2D eigenvalue weighted by atomic mass is 10.1. The van der Waals surface area contributed by atoms with Crippen LogP contribution in [0.2, 0.25) is 0 Å². The van der Waals surface area contributed by atoms with Crippen molar-refractivity contribution in [2.75, 3.05) is 58.3 Å². The Morgan fingerprint density at radius 1 is 1.20 bits per heavy atom. The van der Waals surface area contributed by atoms with E-state index in [2.05, 4.69) is 32.4 Å². The van der Waals surface area contributed by atoms with Crippen molar-refractivity contribution in [2.24, 2.45) is 0 Å². The largest absolute Gasteiger partial charge is 0.488 e. The van der Waals surface area contributed by atoms with Gasteiger partial charge in [-0.1, -0.05) is 12.1 Å². The number of aliphatic hydroxyl groups excluding tert-OH is 1. The van der Waals surface area contributed by atoms with Crippen LogP contribution in [-0.4, -0.2) is 88.1 Å². The van der Waals surface area contributed by atoms with Crippen LogP contribution in [0.3, 0.4) is 0 Å². The first-order valence-electron chi connectivity index (χ1n) is 10.4. The number of hydrogen-bond donors (Lipinski definition) is 3. The minimum Gasteiger partial charge on any atom is -0.488 e. The van der Waals surface area contributed by atoms with Crippen molar-refractivity contribution in [3.8, 4) is 17.1 Å². The number of nitrogens with zero attached hydrogens (tertiary/aromatic N) is 5. The number of hydrogen-bond acceptors (Lipinski definition) is 8. The van der Waals surface area contributed by atoms with E-state index in [-0.39, 0.29) is 6.61 Å². The second-order valence-corrected chi connectivity index (χ2v) is 7.47. The van der Waals surface area contributed by atoms with Crippen molar-refractivity contribution in [3.05, 3.63) is 30.1 Å². The van der Waals surface area contributed by atoms with E-state index in [0.717, 1.165) is 48.3 Å². The van der Waals surface area contributed by atoms with E-state index in [1.54, 1.807) is 6.20 Å². The van der Waals surface area contributed by atoms with Crippen LogP contribution in [-0.2, 0) is 6.54 Å². The molecule has 4 rings (SSSR count). The van der Waals surface area contributed by atoms with Crippen molar-refractivity contribution in [1.82, 2.24) is 30.0 Å². The number of fused-ring (bicyclic) bond motifs is 1. The first kappa shape index (κ1) is 20.5. The van der Waals surface area contributed by atoms with Crippen molar-refractivity contribution < 1.29 is 9.84 Å². The maximum atomic E-state index is 9.33. The van der Waals surface area contributed by atoms with Gasteiger partial charge >= 0.3 is 0 Å². The van der Waals surface area contributed by atoms with E-state index < -0.39 is 0 Å². The second-order valence-electron chi connectivity index (χ2n) is 7.47. The second kappa shape index (κ2) is 9.38. The molecule has 0 atom stereocenters. The first-order valence-corrected chi connectivity index (χ1v) is 10.4. The van der Waals surface area contributed by atoms with Crippen LogP contribution >= 0.6 is 0 Å². The molecule has 0 unspecified atom stereocenters. The Bertz CT molecular complexity index is 983. The van der Waals surface area contributed by atoms with E-state index >= 15 is 0 Å². The fourth-order valence-corrected chi connectivity index (χ4v) is 3.70. The lowest BCUT2D eigenvalue weighted by Gasteiger charge is -2.32. The molecule has 1 fully saturated rings. The summed E-state index contributed by atoms with van der Waals surface area (Å²) in [6.07, 6.45) is 1.80. The summed E-state index contributed by atoms with van der Waals surface area (Å²) in [7, 11) is 2.15. The Morgan fingerprint density at radius 3 is 2.80 bits per heavy atom. The number of nitrogens with one attached hydrogen (secondary N) is 2. The molecule has 0 spiro atoms. The first-order chi connectivity index (χ1) is 14.7. The predicted octanol–water partition coefficient (Wildman–Crippen LogP) is 1.57. The van der Waals surface area contributed by atoms with Gasteiger partial charge in [-0.2, -0.15) is 5.10 Å². The van der Waals surface area contributed by atoms with Crippen molar-refractivity contribution in [3.63, 3.8) is 0 Å². The Kier molecular flexibility index (Phi) is 6.41. The van der Waals surface area contributed by atoms with Crippen LogP contribution in [0, 0.1) is 0 Å². The molecule has 3 aromatic rings. The molecule has 0 amide bonds. The number of anilines is 1. The summed E-state index contributed by atoms with van der Waals surface area (Å²) in [4.78, 5) is 14.4. The third-order valence-corrected chi connectivity index (χ3v) is 5.32. The summed E-state index contributed by atoms with van der Waals surface area (Å²) in [6.45, 7) is 7.59. The summed E-state index contributed by atoms with van der Waals surface area (Å²) in [5, 5.41) is 20.7. The number of likely N-dealkylation sites (N-methyl/N-ethyl adjacent to an activating group) is 1. The summed E-state index contributed by atoms with van der Waals surface area (Å²) >= 11 is 0. The average molecular weight is 412 g/mol. The normalized spacial score (nSPS) is 15.6. The highest BCUT2D eigenvalue weighted by Crippen LogP contribution is 2.33. The highest BCUT2D eigenvalue weighted by Gasteiger charge is 2.22. The zero-order chi connectivity index (χ0) is 20.9. The van der Waals surface area contributed by atoms with Crippen LogP contribution in [0.15, 0.2) is 24.4 Å². The number of aromatic amines is 1. The topological polar surface area (TPSA) is 102 Å². The summed E-state index contributed by atoms with van der Waals surface area (Å²) < 4.78 is 5.97. The minimum absolute atomic E-state index is 0.00993. The van der Waals surface area contributed by atoms with E-state index in [4.69, 9.17) is 14.7 Å². The number of piperazine rings is 1. The minimum atomic E-state index is 0.00993. The molecule has 1 saturated heterocycles. The van der Waals surface area contributed by atoms with Crippen LogP contribution in [0.5, 0.6) is 5.75 Å². The fraction of sp³-hybridized carbons (Fsp3) is 0.476. The predicted molar refractivity (Wildman–Crippen MR) is 117 cm³/mol. The van der Waals surface area contributed by atoms with Gasteiger partial charge in [-0.15, -0.1) is 0 Å². The monoisotopic (exact) mass is 411 g/mol. The van der Waals surface area contributed by atoms with E-state index in [1.807, 2.05) is 25.1 Å². The molecule has 1 aliphatic heterocycles. The van der Waals surface area contributed by atoms with Crippen LogP contribution in [0.1, 0.15) is 12.6 Å². The van der Waals surface area contributed by atoms with Gasteiger partial charge in [-0.05, 0) is 20.0 Å². The Morgan fingerprint density at radius 2 is 2.03 bits per heavy atom. The molecular formula is C21H29N7O2. The SMILES string of the molecule is CCOc1c(CN2CCN(C)CC2)nc(-c2cccc3[nH]ncc23)nc1NCCO. The number of rotatable bonds is 8. The summed E-state index contributed by atoms with van der Waals surface area (Å²) in [5.41, 5.74) is 2.71. The maximum absolute atomic E-state index is 9.33. The maximum Gasteiger partial charge on any atom is 0.184 e. The molecule has 1 aliphatic rings. The van der Waals surface area contributed by atoms with Gasteiger partial charge < -0.3 is 20.1 Å². The van der Waals surface area contributed by atoms with Gasteiger partial charge in [0.25, 0.3) is 0 Å². The quantitative estimate of drug-likeness (QED) is 0.513. The molecule has 9 nitrogen and oxygen atoms in total. The zero-order valence-electron chi connectivity index (χ0n) is 17.6. The molecule has 0 saturated carbocycles. The molecule has 160 valence electrons. The molecule has 0 bridgehead atoms. The molecule has 0 aliphatic carbocycles. The number of H-pyrrole nitrogens is 1. The standard InChI is InChI=1S/C21H29N7O2/c1-3-30-19-18(14-28-10-8-27(2)9-11-28)24-20(25-21(19)22-7-12-29)15-5-4-6-17-16(15)13-23-26-17/h4-6,13,29H,3,7-12,14H2,1-2H3,(H,23,26)(H,22,24,25). The Hall–Kier alpha value is -2.75. The van der Waals surface area contributed by atoms with Crippen LogP contribution < -0.4 is 10.1 Å². The highest BCUT2D eigenvalue weighted by molar-refractivity contribution is 5.92. The van der Waals surface area contributed by atoms with E-state index in [9.17, 15) is 5.11 Å². The van der Waals surface area contributed by atoms with Gasteiger partial charge in [-0.25, -0.2) is 9.97 Å². The van der Waals surface area contributed by atoms with E-state index in [1.165, 1.54) is 0 Å². The summed E-state index contributed by atoms with van der Waals surface area (Å²) in [6, 6.07) is 5.95. The number of aromatic nitrogens is 4. The molecule has 30 heavy (non-hydrogen) atoms. The number of ether oxygens (including phenoxy) is 1. The van der Waals surface area contributed by atoms with Crippen molar-refractivity contribution in [1.29, 1.82) is 0 Å². The lowest BCUT2D eigenvalue weighted by Crippen LogP contribution is -2.44. The Labute approximate surface area is 176 Å². The molecule has 1 aromatic carbocycles. The third kappa shape index (κ3) is 4.38. The van der Waals surface area contributed by atoms with Crippen LogP contribution in [0.4, 0.5) is 5.82 Å². The average Bonchev–Trinajstić information content (AvgIpc) is 3.24. The third-order valence-electron chi connectivity index (χ3n) is 5.32. The molecule has 3 N–H and O–H groups in total. The van der Waals surface area contributed by atoms with Gasteiger partial charge in [-0.3, -0.25) is 10.00 Å². The summed E-state index contributed by atoms with van der Waals surface area (Å²) in [5.74, 6) is 1.89. The molecule has 9 heteroatoms. The van der Waals surface area contributed by atoms with Crippen LogP contribution in [0.25, 0.3) is 22.3 Å². The zero-order valence-corrected chi connectivity index (χ0v) is 17.6. The molecule has 0 radical (unpaired) electrons. The van der Waals surface area contributed by atoms with Gasteiger partial charge in [0.05, 0.1) is 24.9 Å². The Balaban J connectivity index is 1.77. The molecule has 3 heterocycles.